The Morgan fingerprint density at radius 1 is 1.12 bits per heavy atom. The summed E-state index contributed by atoms with van der Waals surface area (Å²) in [5.41, 5.74) is 0. The van der Waals surface area contributed by atoms with Crippen LogP contribution < -0.4 is 0 Å². The van der Waals surface area contributed by atoms with Gasteiger partial charge in [-0.05, 0) is 12.8 Å². The van der Waals surface area contributed by atoms with Gasteiger partial charge in [-0.25, -0.2) is 0 Å². The number of ether oxygens (including phenoxy) is 1. The minimum Gasteiger partial charge on any atom is -0.462 e. The van der Waals surface area contributed by atoms with Crippen molar-refractivity contribution in [1.82, 2.24) is 0 Å². The van der Waals surface area contributed by atoms with Crippen molar-refractivity contribution in [3.63, 3.8) is 0 Å². The molecule has 0 aromatic rings. The van der Waals surface area contributed by atoms with Crippen LogP contribution in [0.1, 0.15) is 71.6 Å². The van der Waals surface area contributed by atoms with E-state index in [4.69, 9.17) is 4.74 Å². The van der Waals surface area contributed by atoms with Crippen LogP contribution in [0.3, 0.4) is 0 Å². The second-order valence-corrected chi connectivity index (χ2v) is 4.54. The summed E-state index contributed by atoms with van der Waals surface area (Å²) in [6, 6.07) is 0. The minimum atomic E-state index is -0.292. The molecule has 0 bridgehead atoms. The van der Waals surface area contributed by atoms with Gasteiger partial charge in [-0.1, -0.05) is 45.4 Å². The minimum absolute atomic E-state index is 0.208. The average molecular weight is 242 g/mol. The molecule has 0 N–H and O–H groups in total. The first-order valence-electron chi connectivity index (χ1n) is 6.81. The highest BCUT2D eigenvalue weighted by Gasteiger charge is 2.10. The number of rotatable bonds is 11. The van der Waals surface area contributed by atoms with Crippen molar-refractivity contribution in [3.8, 4) is 0 Å². The normalized spacial score (nSPS) is 12.1. The Morgan fingerprint density at radius 3 is 2.24 bits per heavy atom. The Kier molecular flexibility index (Phi) is 11.0. The van der Waals surface area contributed by atoms with Crippen molar-refractivity contribution >= 4 is 12.3 Å². The van der Waals surface area contributed by atoms with Crippen LogP contribution in [0.2, 0.25) is 0 Å². The van der Waals surface area contributed by atoms with E-state index in [1.54, 1.807) is 0 Å². The average Bonchev–Trinajstić information content (AvgIpc) is 2.27. The maximum atomic E-state index is 10.8. The molecule has 0 aliphatic heterocycles. The topological polar surface area (TPSA) is 43.4 Å². The van der Waals surface area contributed by atoms with Crippen LogP contribution in [0.5, 0.6) is 0 Å². The third kappa shape index (κ3) is 11.4. The Bertz CT molecular complexity index is 202. The molecule has 100 valence electrons. The SMILES string of the molecule is CCCCCCCCC[C@@H](CC=O)OC(C)=O. The maximum absolute atomic E-state index is 10.8. The first-order valence-corrected chi connectivity index (χ1v) is 6.81. The number of hydrogen-bond donors (Lipinski definition) is 0. The van der Waals surface area contributed by atoms with Crippen molar-refractivity contribution < 1.29 is 14.3 Å². The van der Waals surface area contributed by atoms with Crippen LogP contribution >= 0.6 is 0 Å². The molecule has 3 nitrogen and oxygen atoms in total. The molecule has 0 amide bonds. The van der Waals surface area contributed by atoms with Crippen molar-refractivity contribution in [2.45, 2.75) is 77.7 Å². The zero-order chi connectivity index (χ0) is 12.9. The van der Waals surface area contributed by atoms with E-state index in [1.807, 2.05) is 0 Å². The van der Waals surface area contributed by atoms with E-state index in [0.717, 1.165) is 19.1 Å². The van der Waals surface area contributed by atoms with Crippen LogP contribution in [0, 0.1) is 0 Å². The Morgan fingerprint density at radius 2 is 1.71 bits per heavy atom. The van der Waals surface area contributed by atoms with Gasteiger partial charge in [0.2, 0.25) is 0 Å². The molecule has 0 heterocycles. The van der Waals surface area contributed by atoms with Crippen molar-refractivity contribution in [1.29, 1.82) is 0 Å². The van der Waals surface area contributed by atoms with Gasteiger partial charge >= 0.3 is 5.97 Å². The molecular formula is C14H26O3. The van der Waals surface area contributed by atoms with Gasteiger partial charge in [-0.2, -0.15) is 0 Å². The molecule has 0 fully saturated rings. The van der Waals surface area contributed by atoms with Gasteiger partial charge in [0.1, 0.15) is 12.4 Å². The molecule has 3 heteroatoms. The molecular weight excluding hydrogens is 216 g/mol. The lowest BCUT2D eigenvalue weighted by molar-refractivity contribution is -0.147. The molecule has 1 atom stereocenters. The number of carbonyl (C=O) groups is 2. The summed E-state index contributed by atoms with van der Waals surface area (Å²) in [5.74, 6) is -0.292. The van der Waals surface area contributed by atoms with Gasteiger partial charge in [0.15, 0.2) is 0 Å². The number of unbranched alkanes of at least 4 members (excludes halogenated alkanes) is 6. The first-order chi connectivity index (χ1) is 8.20. The summed E-state index contributed by atoms with van der Waals surface area (Å²) in [5, 5.41) is 0. The molecule has 0 saturated heterocycles. The summed E-state index contributed by atoms with van der Waals surface area (Å²) in [6.45, 7) is 3.60. The lowest BCUT2D eigenvalue weighted by Crippen LogP contribution is -2.16. The monoisotopic (exact) mass is 242 g/mol. The van der Waals surface area contributed by atoms with Crippen LogP contribution in [0.15, 0.2) is 0 Å². The number of hydrogen-bond acceptors (Lipinski definition) is 3. The maximum Gasteiger partial charge on any atom is 0.302 e. The fraction of sp³-hybridized carbons (Fsp3) is 0.857. The molecule has 0 saturated carbocycles. The molecule has 0 rings (SSSR count). The number of carbonyl (C=O) groups excluding carboxylic acids is 2. The van der Waals surface area contributed by atoms with Gasteiger partial charge in [0.05, 0.1) is 0 Å². The van der Waals surface area contributed by atoms with Gasteiger partial charge in [0.25, 0.3) is 0 Å². The first kappa shape index (κ1) is 16.1. The predicted molar refractivity (Wildman–Crippen MR) is 68.8 cm³/mol. The van der Waals surface area contributed by atoms with Gasteiger partial charge in [-0.15, -0.1) is 0 Å². The Hall–Kier alpha value is -0.860. The molecule has 0 aromatic heterocycles. The van der Waals surface area contributed by atoms with E-state index in [1.165, 1.54) is 45.4 Å². The standard InChI is InChI=1S/C14H26O3/c1-3-4-5-6-7-8-9-10-14(11-12-15)17-13(2)16/h12,14H,3-11H2,1-2H3/t14-/m0/s1. The van der Waals surface area contributed by atoms with E-state index in [2.05, 4.69) is 6.92 Å². The fourth-order valence-corrected chi connectivity index (χ4v) is 1.90. The molecule has 0 aliphatic carbocycles. The lowest BCUT2D eigenvalue weighted by atomic mass is 10.1. The Balaban J connectivity index is 3.47. The van der Waals surface area contributed by atoms with Gasteiger partial charge in [0, 0.05) is 13.3 Å². The van der Waals surface area contributed by atoms with E-state index in [0.29, 0.717) is 6.42 Å². The van der Waals surface area contributed by atoms with Crippen LogP contribution in [0.25, 0.3) is 0 Å². The zero-order valence-corrected chi connectivity index (χ0v) is 11.2. The van der Waals surface area contributed by atoms with E-state index in [-0.39, 0.29) is 12.1 Å². The third-order valence-electron chi connectivity index (χ3n) is 2.82. The molecule has 0 aromatic carbocycles. The summed E-state index contributed by atoms with van der Waals surface area (Å²) >= 11 is 0. The summed E-state index contributed by atoms with van der Waals surface area (Å²) in [6.07, 6.45) is 10.4. The highest BCUT2D eigenvalue weighted by atomic mass is 16.5. The van der Waals surface area contributed by atoms with Gasteiger partial charge in [-0.3, -0.25) is 4.79 Å². The molecule has 0 spiro atoms. The van der Waals surface area contributed by atoms with Gasteiger partial charge < -0.3 is 9.53 Å². The van der Waals surface area contributed by atoms with Crippen LogP contribution in [0.4, 0.5) is 0 Å². The molecule has 0 radical (unpaired) electrons. The van der Waals surface area contributed by atoms with Crippen molar-refractivity contribution in [2.75, 3.05) is 0 Å². The quantitative estimate of drug-likeness (QED) is 0.315. The van der Waals surface area contributed by atoms with E-state index in [9.17, 15) is 9.59 Å². The van der Waals surface area contributed by atoms with Crippen LogP contribution in [-0.2, 0) is 14.3 Å². The third-order valence-corrected chi connectivity index (χ3v) is 2.82. The highest BCUT2D eigenvalue weighted by molar-refractivity contribution is 5.66. The lowest BCUT2D eigenvalue weighted by Gasteiger charge is -2.13. The van der Waals surface area contributed by atoms with E-state index >= 15 is 0 Å². The largest absolute Gasteiger partial charge is 0.462 e. The second kappa shape index (κ2) is 11.6. The smallest absolute Gasteiger partial charge is 0.302 e. The summed E-state index contributed by atoms with van der Waals surface area (Å²) < 4.78 is 5.07. The van der Waals surface area contributed by atoms with E-state index < -0.39 is 0 Å². The summed E-state index contributed by atoms with van der Waals surface area (Å²) in [4.78, 5) is 21.2. The highest BCUT2D eigenvalue weighted by Crippen LogP contribution is 2.12. The Labute approximate surface area is 105 Å². The van der Waals surface area contributed by atoms with Crippen LogP contribution in [-0.4, -0.2) is 18.4 Å². The number of esters is 1. The fourth-order valence-electron chi connectivity index (χ4n) is 1.90. The molecule has 0 unspecified atom stereocenters. The molecule has 17 heavy (non-hydrogen) atoms. The van der Waals surface area contributed by atoms with Crippen molar-refractivity contribution in [2.24, 2.45) is 0 Å². The van der Waals surface area contributed by atoms with Crippen molar-refractivity contribution in [3.05, 3.63) is 0 Å². The summed E-state index contributed by atoms with van der Waals surface area (Å²) in [7, 11) is 0. The zero-order valence-electron chi connectivity index (χ0n) is 11.2. The molecule has 0 aliphatic rings. The predicted octanol–water partition coefficient (Wildman–Crippen LogP) is 3.65. The second-order valence-electron chi connectivity index (χ2n) is 4.54. The number of aldehydes is 1.